The van der Waals surface area contributed by atoms with E-state index in [2.05, 4.69) is 10.6 Å². The maximum absolute atomic E-state index is 13.2. The SMILES string of the molecule is C[C@H](NC(=O)c1ccoc1)C(=O)N[C@H](c1ccc(F)cc1)C1CCC1. The molecule has 2 atom stereocenters. The van der Waals surface area contributed by atoms with Gasteiger partial charge in [-0.25, -0.2) is 4.39 Å². The van der Waals surface area contributed by atoms with Gasteiger partial charge in [0, 0.05) is 0 Å². The van der Waals surface area contributed by atoms with E-state index in [1.165, 1.54) is 30.7 Å². The molecule has 6 heteroatoms. The van der Waals surface area contributed by atoms with Crippen LogP contribution in [-0.4, -0.2) is 17.9 Å². The Bertz CT molecular complexity index is 724. The first-order valence-electron chi connectivity index (χ1n) is 8.43. The van der Waals surface area contributed by atoms with E-state index in [1.54, 1.807) is 19.1 Å². The molecule has 0 spiro atoms. The molecule has 5 nitrogen and oxygen atoms in total. The molecule has 2 aromatic rings. The van der Waals surface area contributed by atoms with Crippen LogP contribution in [-0.2, 0) is 4.79 Å². The summed E-state index contributed by atoms with van der Waals surface area (Å²) in [6.45, 7) is 1.63. The van der Waals surface area contributed by atoms with Gasteiger partial charge in [0.05, 0.1) is 17.9 Å². The summed E-state index contributed by atoms with van der Waals surface area (Å²) < 4.78 is 18.0. The molecule has 1 aromatic carbocycles. The smallest absolute Gasteiger partial charge is 0.255 e. The maximum Gasteiger partial charge on any atom is 0.255 e. The predicted molar refractivity (Wildman–Crippen MR) is 90.3 cm³/mol. The van der Waals surface area contributed by atoms with E-state index in [0.29, 0.717) is 11.5 Å². The summed E-state index contributed by atoms with van der Waals surface area (Å²) in [5.74, 6) is -0.592. The molecule has 1 saturated carbocycles. The van der Waals surface area contributed by atoms with Gasteiger partial charge in [-0.3, -0.25) is 9.59 Å². The molecule has 2 amide bonds. The second kappa shape index (κ2) is 7.51. The highest BCUT2D eigenvalue weighted by Gasteiger charge is 2.31. The Labute approximate surface area is 145 Å². The molecule has 0 bridgehead atoms. The summed E-state index contributed by atoms with van der Waals surface area (Å²) in [7, 11) is 0. The molecule has 3 rings (SSSR count). The lowest BCUT2D eigenvalue weighted by Gasteiger charge is -2.35. The van der Waals surface area contributed by atoms with Gasteiger partial charge in [-0.2, -0.15) is 0 Å². The van der Waals surface area contributed by atoms with Gasteiger partial charge in [-0.05, 0) is 49.4 Å². The van der Waals surface area contributed by atoms with Crippen molar-refractivity contribution in [3.63, 3.8) is 0 Å². The Hall–Kier alpha value is -2.63. The van der Waals surface area contributed by atoms with Crippen LogP contribution in [0.1, 0.15) is 48.1 Å². The summed E-state index contributed by atoms with van der Waals surface area (Å²) >= 11 is 0. The Morgan fingerprint density at radius 1 is 1.16 bits per heavy atom. The van der Waals surface area contributed by atoms with Crippen molar-refractivity contribution < 1.29 is 18.4 Å². The van der Waals surface area contributed by atoms with Crippen molar-refractivity contribution in [2.75, 3.05) is 0 Å². The third kappa shape index (κ3) is 4.07. The fourth-order valence-corrected chi connectivity index (χ4v) is 2.93. The van der Waals surface area contributed by atoms with Crippen LogP contribution in [0.15, 0.2) is 47.3 Å². The molecule has 1 aromatic heterocycles. The average molecular weight is 344 g/mol. The van der Waals surface area contributed by atoms with E-state index in [-0.39, 0.29) is 23.7 Å². The summed E-state index contributed by atoms with van der Waals surface area (Å²) in [6, 6.07) is 6.88. The van der Waals surface area contributed by atoms with E-state index >= 15 is 0 Å². The van der Waals surface area contributed by atoms with Gasteiger partial charge >= 0.3 is 0 Å². The van der Waals surface area contributed by atoms with E-state index in [9.17, 15) is 14.0 Å². The molecule has 1 aliphatic rings. The molecule has 0 radical (unpaired) electrons. The normalized spacial score (nSPS) is 16.6. The second-order valence-electron chi connectivity index (χ2n) is 6.44. The van der Waals surface area contributed by atoms with Gasteiger partial charge in [0.25, 0.3) is 5.91 Å². The molecule has 2 N–H and O–H groups in total. The number of hydrogen-bond acceptors (Lipinski definition) is 3. The number of benzene rings is 1. The topological polar surface area (TPSA) is 71.3 Å². The Morgan fingerprint density at radius 2 is 1.88 bits per heavy atom. The highest BCUT2D eigenvalue weighted by Crippen LogP contribution is 2.37. The lowest BCUT2D eigenvalue weighted by Crippen LogP contribution is -2.47. The van der Waals surface area contributed by atoms with Crippen molar-refractivity contribution in [3.05, 3.63) is 59.8 Å². The first-order chi connectivity index (χ1) is 12.0. The van der Waals surface area contributed by atoms with Crippen molar-refractivity contribution >= 4 is 11.8 Å². The van der Waals surface area contributed by atoms with Gasteiger partial charge in [-0.1, -0.05) is 18.6 Å². The third-order valence-corrected chi connectivity index (χ3v) is 4.67. The lowest BCUT2D eigenvalue weighted by atomic mass is 9.77. The second-order valence-corrected chi connectivity index (χ2v) is 6.44. The fraction of sp³-hybridized carbons (Fsp3) is 0.368. The van der Waals surface area contributed by atoms with Crippen LogP contribution >= 0.6 is 0 Å². The number of furan rings is 1. The van der Waals surface area contributed by atoms with Crippen molar-refractivity contribution in [1.82, 2.24) is 10.6 Å². The highest BCUT2D eigenvalue weighted by atomic mass is 19.1. The first kappa shape index (κ1) is 17.2. The molecular formula is C19H21FN2O3. The van der Waals surface area contributed by atoms with Crippen molar-refractivity contribution in [1.29, 1.82) is 0 Å². The van der Waals surface area contributed by atoms with Crippen LogP contribution in [0.3, 0.4) is 0 Å². The zero-order valence-corrected chi connectivity index (χ0v) is 14.0. The largest absolute Gasteiger partial charge is 0.472 e. The zero-order valence-electron chi connectivity index (χ0n) is 14.0. The maximum atomic E-state index is 13.2. The Kier molecular flexibility index (Phi) is 5.16. The Morgan fingerprint density at radius 3 is 2.44 bits per heavy atom. The Balaban J connectivity index is 1.65. The summed E-state index contributed by atoms with van der Waals surface area (Å²) in [5.41, 5.74) is 1.25. The fourth-order valence-electron chi connectivity index (χ4n) is 2.93. The van der Waals surface area contributed by atoms with Crippen molar-refractivity contribution in [2.24, 2.45) is 5.92 Å². The van der Waals surface area contributed by atoms with Gasteiger partial charge in [-0.15, -0.1) is 0 Å². The standard InChI is InChI=1S/C19H21FN2O3/c1-12(21-19(24)15-9-10-25-11-15)18(23)22-17(13-3-2-4-13)14-5-7-16(20)8-6-14/h5-13,17H,2-4H2,1H3,(H,21,24)(H,22,23)/t12-,17-/m0/s1. The zero-order chi connectivity index (χ0) is 17.8. The van der Waals surface area contributed by atoms with Crippen LogP contribution in [0, 0.1) is 11.7 Å². The molecule has 132 valence electrons. The van der Waals surface area contributed by atoms with E-state index in [1.807, 2.05) is 0 Å². The average Bonchev–Trinajstić information content (AvgIpc) is 3.07. The van der Waals surface area contributed by atoms with Crippen LogP contribution in [0.4, 0.5) is 4.39 Å². The van der Waals surface area contributed by atoms with Crippen molar-refractivity contribution in [2.45, 2.75) is 38.3 Å². The molecule has 0 saturated heterocycles. The third-order valence-electron chi connectivity index (χ3n) is 4.67. The molecule has 1 aliphatic carbocycles. The van der Waals surface area contributed by atoms with E-state index in [4.69, 9.17) is 4.42 Å². The number of nitrogens with one attached hydrogen (secondary N) is 2. The van der Waals surface area contributed by atoms with Crippen molar-refractivity contribution in [3.8, 4) is 0 Å². The molecule has 0 aliphatic heterocycles. The molecule has 25 heavy (non-hydrogen) atoms. The molecule has 1 heterocycles. The van der Waals surface area contributed by atoms with Crippen LogP contribution in [0.5, 0.6) is 0 Å². The van der Waals surface area contributed by atoms with Gasteiger partial charge in [0.15, 0.2) is 0 Å². The van der Waals surface area contributed by atoms with Crippen LogP contribution < -0.4 is 10.6 Å². The van der Waals surface area contributed by atoms with Crippen LogP contribution in [0.25, 0.3) is 0 Å². The minimum atomic E-state index is -0.689. The number of carbonyl (C=O) groups excluding carboxylic acids is 2. The number of carbonyl (C=O) groups is 2. The minimum absolute atomic E-state index is 0.171. The van der Waals surface area contributed by atoms with E-state index in [0.717, 1.165) is 24.8 Å². The lowest BCUT2D eigenvalue weighted by molar-refractivity contribution is -0.124. The summed E-state index contributed by atoms with van der Waals surface area (Å²) in [4.78, 5) is 24.5. The monoisotopic (exact) mass is 344 g/mol. The number of amides is 2. The molecular weight excluding hydrogens is 323 g/mol. The molecule has 1 fully saturated rings. The number of rotatable bonds is 6. The van der Waals surface area contributed by atoms with Gasteiger partial charge < -0.3 is 15.1 Å². The van der Waals surface area contributed by atoms with Gasteiger partial charge in [0.2, 0.25) is 5.91 Å². The predicted octanol–water partition coefficient (Wildman–Crippen LogP) is 3.19. The molecule has 0 unspecified atom stereocenters. The van der Waals surface area contributed by atoms with Crippen LogP contribution in [0.2, 0.25) is 0 Å². The van der Waals surface area contributed by atoms with Gasteiger partial charge in [0.1, 0.15) is 18.1 Å². The first-order valence-corrected chi connectivity index (χ1v) is 8.43. The summed E-state index contributed by atoms with van der Waals surface area (Å²) in [6.07, 6.45) is 5.91. The van der Waals surface area contributed by atoms with E-state index < -0.39 is 6.04 Å². The number of hydrogen-bond donors (Lipinski definition) is 2. The quantitative estimate of drug-likeness (QED) is 0.845. The number of halogens is 1. The minimum Gasteiger partial charge on any atom is -0.472 e. The highest BCUT2D eigenvalue weighted by molar-refractivity contribution is 5.97. The summed E-state index contributed by atoms with van der Waals surface area (Å²) in [5, 5.41) is 5.66.